The first kappa shape index (κ1) is 19.1. The molecule has 1 atom stereocenters. The van der Waals surface area contributed by atoms with Gasteiger partial charge in [0.1, 0.15) is 24.8 Å². The van der Waals surface area contributed by atoms with Gasteiger partial charge in [0, 0.05) is 37.6 Å². The molecule has 2 aliphatic rings. The van der Waals surface area contributed by atoms with Gasteiger partial charge in [-0.25, -0.2) is 19.2 Å². The number of ether oxygens (including phenoxy) is 1. The highest BCUT2D eigenvalue weighted by Crippen LogP contribution is 2.21. The van der Waals surface area contributed by atoms with E-state index in [1.807, 2.05) is 0 Å². The van der Waals surface area contributed by atoms with E-state index in [0.29, 0.717) is 37.7 Å². The van der Waals surface area contributed by atoms with Gasteiger partial charge in [0.05, 0.1) is 6.54 Å². The molecule has 2 fully saturated rings. The van der Waals surface area contributed by atoms with E-state index < -0.39 is 0 Å². The summed E-state index contributed by atoms with van der Waals surface area (Å²) in [6.45, 7) is 2.06. The quantitative estimate of drug-likeness (QED) is 0.768. The molecule has 2 aliphatic heterocycles. The highest BCUT2D eigenvalue weighted by Gasteiger charge is 2.33. The molecule has 9 heteroatoms. The van der Waals surface area contributed by atoms with Crippen LogP contribution in [0.2, 0.25) is 0 Å². The molecule has 1 unspecified atom stereocenters. The molecule has 4 rings (SSSR count). The molecule has 0 spiro atoms. The van der Waals surface area contributed by atoms with Crippen LogP contribution in [0.5, 0.6) is 5.88 Å². The molecule has 0 N–H and O–H groups in total. The van der Waals surface area contributed by atoms with E-state index in [2.05, 4.69) is 9.97 Å². The predicted molar refractivity (Wildman–Crippen MR) is 103 cm³/mol. The number of likely N-dealkylation sites (tertiary alicyclic amines) is 1. The Morgan fingerprint density at radius 3 is 2.76 bits per heavy atom. The summed E-state index contributed by atoms with van der Waals surface area (Å²) in [5.41, 5.74) is 0.627. The number of piperidine rings is 1. The van der Waals surface area contributed by atoms with E-state index in [1.54, 1.807) is 34.2 Å². The maximum atomic E-state index is 13.1. The number of aromatic nitrogens is 2. The smallest absolute Gasteiger partial charge is 0.325 e. The summed E-state index contributed by atoms with van der Waals surface area (Å²) >= 11 is 0. The molecule has 1 aromatic heterocycles. The highest BCUT2D eigenvalue weighted by molar-refractivity contribution is 5.96. The Bertz CT molecular complexity index is 864. The lowest BCUT2D eigenvalue weighted by Crippen LogP contribution is -2.48. The average molecular weight is 399 g/mol. The Morgan fingerprint density at radius 1 is 1.17 bits per heavy atom. The maximum Gasteiger partial charge on any atom is 0.325 e. The van der Waals surface area contributed by atoms with Crippen molar-refractivity contribution in [3.8, 4) is 5.88 Å². The maximum absolute atomic E-state index is 13.1. The molecular weight excluding hydrogens is 377 g/mol. The number of halogens is 1. The summed E-state index contributed by atoms with van der Waals surface area (Å²) in [7, 11) is 0. The van der Waals surface area contributed by atoms with Crippen molar-refractivity contribution < 1.29 is 18.7 Å². The minimum absolute atomic E-state index is 0.0246. The minimum atomic E-state index is -0.351. The van der Waals surface area contributed by atoms with E-state index in [9.17, 15) is 14.0 Å². The van der Waals surface area contributed by atoms with Crippen molar-refractivity contribution in [1.82, 2.24) is 19.8 Å². The lowest BCUT2D eigenvalue weighted by atomic mass is 10.1. The molecular formula is C20H22FN5O3. The van der Waals surface area contributed by atoms with Crippen molar-refractivity contribution in [2.75, 3.05) is 37.6 Å². The van der Waals surface area contributed by atoms with Gasteiger partial charge in [0.25, 0.3) is 0 Å². The van der Waals surface area contributed by atoms with Gasteiger partial charge in [0.15, 0.2) is 0 Å². The molecule has 3 amide bonds. The number of hydrogen-bond acceptors (Lipinski definition) is 5. The zero-order valence-corrected chi connectivity index (χ0v) is 15.9. The van der Waals surface area contributed by atoms with Gasteiger partial charge in [0.2, 0.25) is 11.8 Å². The zero-order valence-electron chi connectivity index (χ0n) is 15.9. The van der Waals surface area contributed by atoms with Crippen LogP contribution in [0.1, 0.15) is 12.8 Å². The molecule has 0 radical (unpaired) electrons. The topological polar surface area (TPSA) is 78.9 Å². The van der Waals surface area contributed by atoms with Gasteiger partial charge in [-0.1, -0.05) is 0 Å². The number of nitrogens with zero attached hydrogens (tertiary/aromatic N) is 5. The number of urea groups is 1. The summed E-state index contributed by atoms with van der Waals surface area (Å²) in [5, 5.41) is 0. The summed E-state index contributed by atoms with van der Waals surface area (Å²) in [4.78, 5) is 38.2. The summed E-state index contributed by atoms with van der Waals surface area (Å²) < 4.78 is 19.0. The molecule has 29 heavy (non-hydrogen) atoms. The molecule has 0 saturated carbocycles. The number of hydrogen-bond donors (Lipinski definition) is 0. The van der Waals surface area contributed by atoms with Gasteiger partial charge < -0.3 is 14.5 Å². The first-order valence-corrected chi connectivity index (χ1v) is 9.62. The Balaban J connectivity index is 1.33. The molecule has 3 heterocycles. The van der Waals surface area contributed by atoms with Crippen molar-refractivity contribution >= 4 is 17.6 Å². The summed E-state index contributed by atoms with van der Waals surface area (Å²) in [6, 6.07) is 7.23. The van der Waals surface area contributed by atoms with Crippen LogP contribution in [0.25, 0.3) is 0 Å². The van der Waals surface area contributed by atoms with Gasteiger partial charge >= 0.3 is 6.03 Å². The Labute approximate surface area is 167 Å². The third-order valence-corrected chi connectivity index (χ3v) is 5.13. The fourth-order valence-corrected chi connectivity index (χ4v) is 3.63. The van der Waals surface area contributed by atoms with Gasteiger partial charge in [-0.2, -0.15) is 0 Å². The van der Waals surface area contributed by atoms with Crippen LogP contribution < -0.4 is 9.64 Å². The van der Waals surface area contributed by atoms with Crippen molar-refractivity contribution in [3.63, 3.8) is 0 Å². The van der Waals surface area contributed by atoms with E-state index in [1.165, 1.54) is 23.4 Å². The van der Waals surface area contributed by atoms with Crippen molar-refractivity contribution in [2.45, 2.75) is 18.9 Å². The monoisotopic (exact) mass is 399 g/mol. The molecule has 8 nitrogen and oxygen atoms in total. The second kappa shape index (κ2) is 8.42. The van der Waals surface area contributed by atoms with E-state index >= 15 is 0 Å². The van der Waals surface area contributed by atoms with Crippen molar-refractivity contribution in [2.24, 2.45) is 0 Å². The molecule has 152 valence electrons. The molecule has 0 bridgehead atoms. The highest BCUT2D eigenvalue weighted by atomic mass is 19.1. The lowest BCUT2D eigenvalue weighted by Gasteiger charge is -2.33. The van der Waals surface area contributed by atoms with Crippen LogP contribution in [0.3, 0.4) is 0 Å². The fraction of sp³-hybridized carbons (Fsp3) is 0.400. The first-order valence-electron chi connectivity index (χ1n) is 9.62. The largest absolute Gasteiger partial charge is 0.472 e. The van der Waals surface area contributed by atoms with Crippen LogP contribution in [0, 0.1) is 5.82 Å². The average Bonchev–Trinajstić information content (AvgIpc) is 3.10. The van der Waals surface area contributed by atoms with Gasteiger partial charge in [-0.3, -0.25) is 9.69 Å². The molecule has 0 aliphatic carbocycles. The van der Waals surface area contributed by atoms with Crippen molar-refractivity contribution in [3.05, 3.63) is 48.7 Å². The first-order chi connectivity index (χ1) is 14.1. The standard InChI is InChI=1S/C20H22FN5O3/c21-15-3-5-16(6-4-15)26-11-10-25(20(26)28)13-19(27)24-9-1-2-17(12-24)29-18-7-8-22-14-23-18/h3-8,14,17H,1-2,9-13H2. The number of rotatable bonds is 5. The number of anilines is 1. The Morgan fingerprint density at radius 2 is 2.00 bits per heavy atom. The predicted octanol–water partition coefficient (Wildman–Crippen LogP) is 1.93. The molecule has 2 aromatic rings. The summed E-state index contributed by atoms with van der Waals surface area (Å²) in [5.74, 6) is 0.0375. The number of carbonyl (C=O) groups is 2. The normalized spacial score (nSPS) is 19.6. The Hall–Kier alpha value is -3.23. The number of benzene rings is 1. The van der Waals surface area contributed by atoms with Crippen LogP contribution in [0.4, 0.5) is 14.9 Å². The second-order valence-corrected chi connectivity index (χ2v) is 7.10. The van der Waals surface area contributed by atoms with E-state index in [-0.39, 0.29) is 30.4 Å². The third kappa shape index (κ3) is 4.44. The van der Waals surface area contributed by atoms with Crippen molar-refractivity contribution in [1.29, 1.82) is 0 Å². The SMILES string of the molecule is O=C(CN1CCN(c2ccc(F)cc2)C1=O)N1CCCC(Oc2ccncn2)C1. The third-order valence-electron chi connectivity index (χ3n) is 5.13. The van der Waals surface area contributed by atoms with Gasteiger partial charge in [-0.05, 0) is 37.1 Å². The van der Waals surface area contributed by atoms with Crippen LogP contribution in [-0.2, 0) is 4.79 Å². The van der Waals surface area contributed by atoms with Crippen LogP contribution >= 0.6 is 0 Å². The van der Waals surface area contributed by atoms with Gasteiger partial charge in [-0.15, -0.1) is 0 Å². The summed E-state index contributed by atoms with van der Waals surface area (Å²) in [6.07, 6.45) is 4.58. The molecule has 1 aromatic carbocycles. The second-order valence-electron chi connectivity index (χ2n) is 7.10. The van der Waals surface area contributed by atoms with Crippen LogP contribution in [0.15, 0.2) is 42.9 Å². The Kier molecular flexibility index (Phi) is 5.55. The lowest BCUT2D eigenvalue weighted by molar-refractivity contribution is -0.134. The van der Waals surface area contributed by atoms with E-state index in [4.69, 9.17) is 4.74 Å². The number of carbonyl (C=O) groups excluding carboxylic acids is 2. The number of amides is 3. The van der Waals surface area contributed by atoms with Crippen LogP contribution in [-0.4, -0.2) is 70.5 Å². The fourth-order valence-electron chi connectivity index (χ4n) is 3.63. The minimum Gasteiger partial charge on any atom is -0.472 e. The molecule has 2 saturated heterocycles. The van der Waals surface area contributed by atoms with E-state index in [0.717, 1.165) is 12.8 Å². The zero-order chi connectivity index (χ0) is 20.2.